The largest absolute Gasteiger partial charge is 0.508 e. The zero-order valence-electron chi connectivity index (χ0n) is 49.7. The summed E-state index contributed by atoms with van der Waals surface area (Å²) < 4.78 is 53.3. The average molecular weight is 1230 g/mol. The minimum absolute atomic E-state index is 0.0139. The summed E-state index contributed by atoms with van der Waals surface area (Å²) in [5, 5.41) is 30.3. The summed E-state index contributed by atoms with van der Waals surface area (Å²) in [6.07, 6.45) is 1.91. The number of ether oxygens (including phenoxy) is 5. The maximum atomic E-state index is 17.2. The molecule has 3 aliphatic heterocycles. The number of phenols is 1. The lowest BCUT2D eigenvalue weighted by atomic mass is 9.91. The Hall–Kier alpha value is -7.31. The van der Waals surface area contributed by atoms with Crippen LogP contribution >= 0.6 is 22.9 Å². The number of aryl methyl sites for hydroxylation is 2. The molecule has 4 atom stereocenters. The third-order valence-corrected chi connectivity index (χ3v) is 17.4. The average Bonchev–Trinajstić information content (AvgIpc) is 3.64. The van der Waals surface area contributed by atoms with E-state index < -0.39 is 23.9 Å². The summed E-state index contributed by atoms with van der Waals surface area (Å²) in [6.45, 7) is 19.2. The molecule has 0 saturated carbocycles. The number of β-amino-alcohol motifs (C(OH)–C–C–N with tert-alkyl or cyclic N) is 1. The number of carbonyl (C=O) groups is 3. The number of fused-ring (bicyclic) bond motifs is 2. The first kappa shape index (κ1) is 62.7. The van der Waals surface area contributed by atoms with Crippen LogP contribution in [0.1, 0.15) is 68.7 Å². The van der Waals surface area contributed by atoms with Crippen LogP contribution in [0.2, 0.25) is 5.02 Å². The number of nitrogens with zero attached hydrogens (tertiary/aromatic N) is 8. The summed E-state index contributed by atoms with van der Waals surface area (Å²) in [5.74, 6) is -0.868. The van der Waals surface area contributed by atoms with E-state index in [0.29, 0.717) is 105 Å². The van der Waals surface area contributed by atoms with Crippen LogP contribution in [0, 0.1) is 25.6 Å². The van der Waals surface area contributed by atoms with E-state index in [2.05, 4.69) is 31.9 Å². The van der Waals surface area contributed by atoms with Gasteiger partial charge in [-0.3, -0.25) is 19.3 Å². The molecule has 7 aromatic rings. The second-order valence-electron chi connectivity index (χ2n) is 22.7. The Morgan fingerprint density at radius 3 is 2.38 bits per heavy atom. The zero-order valence-corrected chi connectivity index (χ0v) is 51.3. The number of halogens is 2. The molecule has 87 heavy (non-hydrogen) atoms. The number of amides is 3. The highest BCUT2D eigenvalue weighted by atomic mass is 35.5. The van der Waals surface area contributed by atoms with E-state index in [9.17, 15) is 24.6 Å². The maximum absolute atomic E-state index is 17.2. The number of piperazine rings is 1. The monoisotopic (exact) mass is 1230 g/mol. The molecular weight excluding hydrogens is 1160 g/mol. The van der Waals surface area contributed by atoms with Crippen molar-refractivity contribution in [2.24, 2.45) is 5.92 Å². The number of aliphatic hydroxyl groups excluding tert-OH is 1. The number of likely N-dealkylation sites (tertiary alicyclic amines) is 2. The number of hydrogen-bond donors (Lipinski definition) is 3. The van der Waals surface area contributed by atoms with Gasteiger partial charge >= 0.3 is 6.01 Å². The Balaban J connectivity index is 0.669. The Labute approximate surface area is 514 Å². The standard InChI is InChI=1S/C64H75ClFN9O11S/c1-7-55(78)73-18-20-74(21-19-73)61-50-33-51(65)57(49-31-45(76)29-42-10-8-9-11-48(42)49)58(66)59(50)69-64(70-61)85-40(5)35-72-16-14-47(15-17-72)83-26-24-81-22-23-82-25-27-84-53-30-43(60-41(6)68-37-87-60)12-13-44(53)34-67-62(79)52-32-46(77)36-75(52)63(80)56(38(2)3)54-28-39(4)71-86-54/h7-13,28-31,33,37-38,40,46-47,52,56,76-77H,1,14-27,32,34-36H2,2-6H3,(H,67,79)/t40-,46?,52?,56-/m1/s1. The van der Waals surface area contributed by atoms with Crippen molar-refractivity contribution in [3.63, 3.8) is 0 Å². The number of anilines is 1. The number of aliphatic hydroxyl groups is 1. The first-order valence-corrected chi connectivity index (χ1v) is 30.9. The van der Waals surface area contributed by atoms with Crippen LogP contribution in [0.15, 0.2) is 89.4 Å². The van der Waals surface area contributed by atoms with Crippen LogP contribution in [0.5, 0.6) is 17.5 Å². The number of phenolic OH excluding ortho intramolecular Hbond substituents is 1. The van der Waals surface area contributed by atoms with Crippen LogP contribution in [0.3, 0.4) is 0 Å². The van der Waals surface area contributed by atoms with Crippen molar-refractivity contribution >= 4 is 68.2 Å². The van der Waals surface area contributed by atoms with Crippen molar-refractivity contribution in [2.45, 2.75) is 90.7 Å². The molecule has 3 saturated heterocycles. The van der Waals surface area contributed by atoms with Gasteiger partial charge in [0.25, 0.3) is 0 Å². The number of benzene rings is 4. The van der Waals surface area contributed by atoms with Crippen LogP contribution < -0.4 is 19.7 Å². The van der Waals surface area contributed by atoms with Crippen molar-refractivity contribution in [3.8, 4) is 39.1 Å². The van der Waals surface area contributed by atoms with Gasteiger partial charge in [-0.15, -0.1) is 11.3 Å². The van der Waals surface area contributed by atoms with E-state index in [4.69, 9.17) is 44.8 Å². The number of thiazole rings is 1. The molecular formula is C64H75ClFN9O11S. The third-order valence-electron chi connectivity index (χ3n) is 16.1. The summed E-state index contributed by atoms with van der Waals surface area (Å²) >= 11 is 8.47. The van der Waals surface area contributed by atoms with Crippen molar-refractivity contribution < 1.29 is 57.2 Å². The number of nitrogens with one attached hydrogen (secondary N) is 1. The van der Waals surface area contributed by atoms with Crippen LogP contribution in [0.4, 0.5) is 10.2 Å². The predicted molar refractivity (Wildman–Crippen MR) is 330 cm³/mol. The number of aromatic nitrogens is 4. The summed E-state index contributed by atoms with van der Waals surface area (Å²) in [4.78, 5) is 62.6. The van der Waals surface area contributed by atoms with Gasteiger partial charge in [0.2, 0.25) is 17.7 Å². The predicted octanol–water partition coefficient (Wildman–Crippen LogP) is 8.89. The van der Waals surface area contributed by atoms with Crippen molar-refractivity contribution in [2.75, 3.05) is 96.9 Å². The Morgan fingerprint density at radius 2 is 1.67 bits per heavy atom. The second kappa shape index (κ2) is 28.7. The van der Waals surface area contributed by atoms with E-state index in [1.54, 1.807) is 35.5 Å². The van der Waals surface area contributed by atoms with Crippen LogP contribution in [-0.4, -0.2) is 179 Å². The molecule has 3 amide bonds. The molecule has 3 fully saturated rings. The molecule has 0 aliphatic carbocycles. The van der Waals surface area contributed by atoms with E-state index in [-0.39, 0.29) is 89.8 Å². The van der Waals surface area contributed by atoms with Gasteiger partial charge in [0, 0.05) is 87.9 Å². The third kappa shape index (κ3) is 15.0. The lowest BCUT2D eigenvalue weighted by Gasteiger charge is -2.35. The number of hydrogen-bond acceptors (Lipinski definition) is 18. The van der Waals surface area contributed by atoms with Gasteiger partial charge in [0.05, 0.1) is 72.0 Å². The summed E-state index contributed by atoms with van der Waals surface area (Å²) in [7, 11) is 0. The molecule has 0 radical (unpaired) electrons. The highest BCUT2D eigenvalue weighted by Gasteiger charge is 2.43. The van der Waals surface area contributed by atoms with Crippen molar-refractivity contribution in [1.82, 2.24) is 40.1 Å². The molecule has 20 nitrogen and oxygen atoms in total. The lowest BCUT2D eigenvalue weighted by Crippen LogP contribution is -2.48. The quantitative estimate of drug-likeness (QED) is 0.0358. The molecule has 6 heterocycles. The molecule has 0 bridgehead atoms. The van der Waals surface area contributed by atoms with Gasteiger partial charge in [0.1, 0.15) is 53.3 Å². The van der Waals surface area contributed by atoms with Gasteiger partial charge in [-0.25, -0.2) is 9.37 Å². The van der Waals surface area contributed by atoms with Crippen molar-refractivity contribution in [1.29, 1.82) is 0 Å². The van der Waals surface area contributed by atoms with Gasteiger partial charge in [-0.1, -0.05) is 73.6 Å². The van der Waals surface area contributed by atoms with Gasteiger partial charge < -0.3 is 58.4 Å². The fourth-order valence-electron chi connectivity index (χ4n) is 11.7. The molecule has 2 unspecified atom stereocenters. The molecule has 3 aromatic heterocycles. The summed E-state index contributed by atoms with van der Waals surface area (Å²) in [5.41, 5.74) is 5.57. The smallest absolute Gasteiger partial charge is 0.319 e. The highest BCUT2D eigenvalue weighted by Crippen LogP contribution is 2.43. The van der Waals surface area contributed by atoms with Crippen LogP contribution in [-0.2, 0) is 35.1 Å². The van der Waals surface area contributed by atoms with E-state index >= 15 is 4.39 Å². The van der Waals surface area contributed by atoms with E-state index in [1.165, 1.54) is 28.4 Å². The fourth-order valence-corrected chi connectivity index (χ4v) is 12.8. The topological polar surface area (TPSA) is 228 Å². The molecule has 0 spiro atoms. The van der Waals surface area contributed by atoms with Crippen LogP contribution in [0.25, 0.3) is 43.2 Å². The SMILES string of the molecule is C=CC(=O)N1CCN(c2nc(O[C@H](C)CN3CCC(OCCOCCOCCOc4cc(-c5scnc5C)ccc4CNC(=O)C4CC(O)CN4C(=O)[C@@H](c4cc(C)no4)C(C)C)CC3)nc3c(F)c(-c4cc(O)cc5ccccc45)c(Cl)cc23)CC1. The first-order chi connectivity index (χ1) is 42.0. The van der Waals surface area contributed by atoms with Crippen molar-refractivity contribution in [3.05, 3.63) is 118 Å². The molecule has 3 aliphatic rings. The van der Waals surface area contributed by atoms with Gasteiger partial charge in [-0.05, 0) is 91.8 Å². The zero-order chi connectivity index (χ0) is 61.3. The molecule has 23 heteroatoms. The first-order valence-electron chi connectivity index (χ1n) is 29.6. The van der Waals surface area contributed by atoms with E-state index in [1.807, 2.05) is 75.1 Å². The lowest BCUT2D eigenvalue weighted by molar-refractivity contribution is -0.141. The Bertz CT molecular complexity index is 3570. The highest BCUT2D eigenvalue weighted by molar-refractivity contribution is 7.13. The number of rotatable bonds is 25. The molecule has 10 rings (SSSR count). The maximum Gasteiger partial charge on any atom is 0.319 e. The van der Waals surface area contributed by atoms with E-state index in [0.717, 1.165) is 53.0 Å². The molecule has 3 N–H and O–H groups in total. The Morgan fingerprint density at radius 1 is 0.920 bits per heavy atom. The number of aromatic hydroxyl groups is 1. The summed E-state index contributed by atoms with van der Waals surface area (Å²) in [6, 6.07) is 18.9. The van der Waals surface area contributed by atoms with Gasteiger partial charge in [-0.2, -0.15) is 9.97 Å². The molecule has 4 aromatic carbocycles. The minimum atomic E-state index is -0.867. The minimum Gasteiger partial charge on any atom is -0.508 e. The number of carbonyl (C=O) groups excluding carboxylic acids is 3. The Kier molecular flexibility index (Phi) is 20.7. The fraction of sp³-hybridized carbons (Fsp3) is 0.453. The second-order valence-corrected chi connectivity index (χ2v) is 23.9. The number of piperidine rings is 1. The normalized spacial score (nSPS) is 17.6. The molecule has 462 valence electrons. The van der Waals surface area contributed by atoms with Gasteiger partial charge in [0.15, 0.2) is 5.82 Å².